The Kier molecular flexibility index (Phi) is 5.03. The van der Waals surface area contributed by atoms with E-state index in [4.69, 9.17) is 9.84 Å². The number of aromatic carboxylic acids is 1. The Hall–Kier alpha value is -2.42. The van der Waals surface area contributed by atoms with Crippen LogP contribution in [0, 0.1) is 5.82 Å². The molecule has 1 aromatic heterocycles. The van der Waals surface area contributed by atoms with Crippen molar-refractivity contribution in [2.75, 3.05) is 6.54 Å². The number of nitrogens with zero attached hydrogens (tertiary/aromatic N) is 3. The molecule has 7 nitrogen and oxygen atoms in total. The molecule has 3 rings (SSSR count). The molecule has 132 valence electrons. The molecule has 0 bridgehead atoms. The van der Waals surface area contributed by atoms with Gasteiger partial charge in [-0.2, -0.15) is 5.10 Å². The molecule has 9 heteroatoms. The van der Waals surface area contributed by atoms with E-state index >= 15 is 0 Å². The smallest absolute Gasteiger partial charge is 0.410 e. The topological polar surface area (TPSA) is 84.7 Å². The number of ether oxygens (including phenoxy) is 1. The molecule has 1 amide bonds. The zero-order chi connectivity index (χ0) is 18.0. The average molecular weight is 412 g/mol. The second-order valence-corrected chi connectivity index (χ2v) is 6.57. The number of carbonyl (C=O) groups is 2. The maximum Gasteiger partial charge on any atom is 0.410 e. The summed E-state index contributed by atoms with van der Waals surface area (Å²) in [6, 6.07) is 5.75. The van der Waals surface area contributed by atoms with Crippen LogP contribution in [0.3, 0.4) is 0 Å². The highest BCUT2D eigenvalue weighted by Crippen LogP contribution is 2.18. The molecule has 0 atom stereocenters. The Morgan fingerprint density at radius 3 is 2.80 bits per heavy atom. The molecule has 0 unspecified atom stereocenters. The third-order valence-corrected chi connectivity index (χ3v) is 4.23. The van der Waals surface area contributed by atoms with Crippen LogP contribution < -0.4 is 0 Å². The van der Waals surface area contributed by atoms with Gasteiger partial charge in [0.2, 0.25) is 0 Å². The van der Waals surface area contributed by atoms with Crippen LogP contribution in [0.4, 0.5) is 9.18 Å². The number of aryl methyl sites for hydroxylation is 1. The van der Waals surface area contributed by atoms with Crippen LogP contribution in [0.15, 0.2) is 28.7 Å². The minimum atomic E-state index is -1.11. The summed E-state index contributed by atoms with van der Waals surface area (Å²) in [4.78, 5) is 24.8. The SMILES string of the molecule is O=C(O)c1cc2n(n1)CCCN(C(=O)OCc1cc(F)cc(Br)c1)C2. The van der Waals surface area contributed by atoms with E-state index < -0.39 is 17.9 Å². The van der Waals surface area contributed by atoms with Crippen molar-refractivity contribution in [3.8, 4) is 0 Å². The Balaban J connectivity index is 1.66. The van der Waals surface area contributed by atoms with Crippen LogP contribution in [-0.4, -0.2) is 38.4 Å². The van der Waals surface area contributed by atoms with E-state index in [1.165, 1.54) is 23.1 Å². The monoisotopic (exact) mass is 411 g/mol. The van der Waals surface area contributed by atoms with Crippen molar-refractivity contribution in [2.24, 2.45) is 0 Å². The first-order valence-electron chi connectivity index (χ1n) is 7.59. The zero-order valence-corrected chi connectivity index (χ0v) is 14.7. The number of carboxylic acid groups (broad SMARTS) is 1. The zero-order valence-electron chi connectivity index (χ0n) is 13.1. The van der Waals surface area contributed by atoms with Crippen molar-refractivity contribution in [1.29, 1.82) is 0 Å². The highest BCUT2D eigenvalue weighted by molar-refractivity contribution is 9.10. The van der Waals surface area contributed by atoms with E-state index in [1.807, 2.05) is 0 Å². The van der Waals surface area contributed by atoms with Crippen LogP contribution in [-0.2, 0) is 24.4 Å². The first-order valence-corrected chi connectivity index (χ1v) is 8.38. The first kappa shape index (κ1) is 17.4. The van der Waals surface area contributed by atoms with E-state index in [1.54, 1.807) is 10.7 Å². The van der Waals surface area contributed by atoms with Crippen LogP contribution >= 0.6 is 15.9 Å². The van der Waals surface area contributed by atoms with Gasteiger partial charge in [0, 0.05) is 17.6 Å². The highest BCUT2D eigenvalue weighted by atomic mass is 79.9. The maximum atomic E-state index is 13.4. The summed E-state index contributed by atoms with van der Waals surface area (Å²) in [5, 5.41) is 13.0. The summed E-state index contributed by atoms with van der Waals surface area (Å²) < 4.78 is 20.8. The second-order valence-electron chi connectivity index (χ2n) is 5.66. The number of carboxylic acids is 1. The fourth-order valence-electron chi connectivity index (χ4n) is 2.65. The van der Waals surface area contributed by atoms with Gasteiger partial charge < -0.3 is 14.7 Å². The number of aromatic nitrogens is 2. The highest BCUT2D eigenvalue weighted by Gasteiger charge is 2.23. The maximum absolute atomic E-state index is 13.4. The van der Waals surface area contributed by atoms with E-state index in [-0.39, 0.29) is 18.8 Å². The van der Waals surface area contributed by atoms with Gasteiger partial charge in [-0.05, 0) is 36.2 Å². The number of carbonyl (C=O) groups excluding carboxylic acids is 1. The van der Waals surface area contributed by atoms with Gasteiger partial charge in [-0.1, -0.05) is 15.9 Å². The Morgan fingerprint density at radius 2 is 2.08 bits per heavy atom. The van der Waals surface area contributed by atoms with Gasteiger partial charge in [0.1, 0.15) is 12.4 Å². The fourth-order valence-corrected chi connectivity index (χ4v) is 3.17. The quantitative estimate of drug-likeness (QED) is 0.838. The molecule has 1 aliphatic heterocycles. The van der Waals surface area contributed by atoms with Gasteiger partial charge in [-0.3, -0.25) is 4.68 Å². The summed E-state index contributed by atoms with van der Waals surface area (Å²) in [7, 11) is 0. The Bertz CT molecular complexity index is 803. The normalized spacial score (nSPS) is 13.9. The molecule has 1 N–H and O–H groups in total. The molecule has 0 saturated carbocycles. The van der Waals surface area contributed by atoms with Crippen molar-refractivity contribution < 1.29 is 23.8 Å². The van der Waals surface area contributed by atoms with E-state index in [0.717, 1.165) is 0 Å². The minimum absolute atomic E-state index is 0.0465. The summed E-state index contributed by atoms with van der Waals surface area (Å²) >= 11 is 3.19. The number of benzene rings is 1. The van der Waals surface area contributed by atoms with Crippen LogP contribution in [0.25, 0.3) is 0 Å². The number of hydrogen-bond donors (Lipinski definition) is 1. The third-order valence-electron chi connectivity index (χ3n) is 3.78. The molecular weight excluding hydrogens is 397 g/mol. The lowest BCUT2D eigenvalue weighted by Gasteiger charge is -2.19. The summed E-state index contributed by atoms with van der Waals surface area (Å²) in [6.45, 7) is 1.16. The lowest BCUT2D eigenvalue weighted by Crippen LogP contribution is -2.31. The molecule has 2 aromatic rings. The summed E-state index contributed by atoms with van der Waals surface area (Å²) in [5.41, 5.74) is 1.13. The van der Waals surface area contributed by atoms with Crippen LogP contribution in [0.5, 0.6) is 0 Å². The Labute approximate surface area is 151 Å². The third kappa shape index (κ3) is 4.16. The van der Waals surface area contributed by atoms with E-state index in [0.29, 0.717) is 35.2 Å². The summed E-state index contributed by atoms with van der Waals surface area (Å²) in [5.74, 6) is -1.52. The summed E-state index contributed by atoms with van der Waals surface area (Å²) in [6.07, 6.45) is 0.0980. The van der Waals surface area contributed by atoms with Gasteiger partial charge >= 0.3 is 12.1 Å². The molecule has 0 spiro atoms. The second kappa shape index (κ2) is 7.22. The van der Waals surface area contributed by atoms with Crippen molar-refractivity contribution >= 4 is 28.0 Å². The van der Waals surface area contributed by atoms with E-state index in [9.17, 15) is 14.0 Å². The van der Waals surface area contributed by atoms with Crippen LogP contribution in [0.2, 0.25) is 0 Å². The van der Waals surface area contributed by atoms with Gasteiger partial charge in [-0.25, -0.2) is 14.0 Å². The van der Waals surface area contributed by atoms with Crippen molar-refractivity contribution in [3.05, 3.63) is 51.5 Å². The van der Waals surface area contributed by atoms with Gasteiger partial charge in [-0.15, -0.1) is 0 Å². The van der Waals surface area contributed by atoms with E-state index in [2.05, 4.69) is 21.0 Å². The predicted molar refractivity (Wildman–Crippen MR) is 88.5 cm³/mol. The van der Waals surface area contributed by atoms with Crippen molar-refractivity contribution in [1.82, 2.24) is 14.7 Å². The molecule has 0 fully saturated rings. The van der Waals surface area contributed by atoms with Gasteiger partial charge in [0.15, 0.2) is 5.69 Å². The van der Waals surface area contributed by atoms with Gasteiger partial charge in [0.05, 0.1) is 12.2 Å². The molecule has 0 radical (unpaired) electrons. The Morgan fingerprint density at radius 1 is 1.28 bits per heavy atom. The average Bonchev–Trinajstić information content (AvgIpc) is 2.84. The molecule has 1 aromatic carbocycles. The van der Waals surface area contributed by atoms with Crippen LogP contribution in [0.1, 0.15) is 28.2 Å². The molecule has 25 heavy (non-hydrogen) atoms. The fraction of sp³-hybridized carbons (Fsp3) is 0.312. The number of hydrogen-bond acceptors (Lipinski definition) is 4. The number of fused-ring (bicyclic) bond motifs is 1. The predicted octanol–water partition coefficient (Wildman–Crippen LogP) is 3.03. The lowest BCUT2D eigenvalue weighted by atomic mass is 10.2. The van der Waals surface area contributed by atoms with Gasteiger partial charge in [0.25, 0.3) is 0 Å². The molecule has 0 saturated heterocycles. The molecular formula is C16H15BrFN3O4. The first-order chi connectivity index (χ1) is 11.9. The largest absolute Gasteiger partial charge is 0.476 e. The minimum Gasteiger partial charge on any atom is -0.476 e. The number of halogens is 2. The van der Waals surface area contributed by atoms with Crippen molar-refractivity contribution in [3.63, 3.8) is 0 Å². The molecule has 1 aliphatic rings. The number of rotatable bonds is 3. The van der Waals surface area contributed by atoms with Crippen molar-refractivity contribution in [2.45, 2.75) is 26.1 Å². The number of amides is 1. The standard InChI is InChI=1S/C16H15BrFN3O4/c17-11-4-10(5-12(18)6-11)9-25-16(24)20-2-1-3-21-13(8-20)7-14(19-21)15(22)23/h4-7H,1-3,8-9H2,(H,22,23). The molecule has 2 heterocycles. The lowest BCUT2D eigenvalue weighted by molar-refractivity contribution is 0.0689. The molecule has 0 aliphatic carbocycles.